The minimum atomic E-state index is -0.399. The number of benzene rings is 3. The van der Waals surface area contributed by atoms with Gasteiger partial charge in [-0.3, -0.25) is 0 Å². The molecule has 0 saturated heterocycles. The quantitative estimate of drug-likeness (QED) is 0.0756. The highest BCUT2D eigenvalue weighted by Gasteiger charge is 2.24. The van der Waals surface area contributed by atoms with Gasteiger partial charge in [0.25, 0.3) is 0 Å². The van der Waals surface area contributed by atoms with Crippen LogP contribution in [0.3, 0.4) is 0 Å². The van der Waals surface area contributed by atoms with Gasteiger partial charge in [-0.2, -0.15) is 0 Å². The van der Waals surface area contributed by atoms with Crippen molar-refractivity contribution in [2.45, 2.75) is 97.0 Å². The summed E-state index contributed by atoms with van der Waals surface area (Å²) in [6, 6.07) is 22.9. The fraction of sp³-hybridized carbons (Fsp3) is 0.450. The Morgan fingerprint density at radius 3 is 1.76 bits per heavy atom. The zero-order valence-electron chi connectivity index (χ0n) is 27.6. The van der Waals surface area contributed by atoms with Gasteiger partial charge in [-0.15, -0.1) is 0 Å². The van der Waals surface area contributed by atoms with Crippen molar-refractivity contribution in [2.75, 3.05) is 19.8 Å². The Morgan fingerprint density at radius 2 is 1.20 bits per heavy atom. The molecular formula is C40H49NO5. The molecule has 3 aromatic rings. The second-order valence-corrected chi connectivity index (χ2v) is 11.8. The van der Waals surface area contributed by atoms with Gasteiger partial charge >= 0.3 is 5.97 Å². The first-order chi connectivity index (χ1) is 22.6. The van der Waals surface area contributed by atoms with Crippen LogP contribution in [0.4, 0.5) is 0 Å². The number of carbonyl (C=O) groups excluding carboxylic acids is 1. The number of hydrogen-bond acceptors (Lipinski definition) is 6. The minimum Gasteiger partial charge on any atom is -0.494 e. The van der Waals surface area contributed by atoms with E-state index in [1.165, 1.54) is 57.8 Å². The SMILES string of the molecule is CCCCCCCCOc1ccc(C#Cc2ccc(C(=O)OCC3CC(c4ccc(OCCCCCCC)cc4)=NO3)cc2)cc1. The molecule has 1 aliphatic heterocycles. The van der Waals surface area contributed by atoms with Crippen LogP contribution in [0.2, 0.25) is 0 Å². The summed E-state index contributed by atoms with van der Waals surface area (Å²) in [4.78, 5) is 18.2. The molecule has 0 bridgehead atoms. The van der Waals surface area contributed by atoms with Crippen molar-refractivity contribution in [2.24, 2.45) is 5.16 Å². The first kappa shape index (κ1) is 34.6. The van der Waals surface area contributed by atoms with Crippen LogP contribution in [0.25, 0.3) is 0 Å². The van der Waals surface area contributed by atoms with Gasteiger partial charge in [0.1, 0.15) is 18.1 Å². The van der Waals surface area contributed by atoms with Gasteiger partial charge in [0.2, 0.25) is 0 Å². The van der Waals surface area contributed by atoms with E-state index in [4.69, 9.17) is 19.0 Å². The maximum atomic E-state index is 12.6. The molecule has 4 rings (SSSR count). The van der Waals surface area contributed by atoms with Gasteiger partial charge in [-0.05, 0) is 91.2 Å². The highest BCUT2D eigenvalue weighted by atomic mass is 16.7. The molecule has 1 atom stereocenters. The normalized spacial score (nSPS) is 13.7. The molecule has 0 saturated carbocycles. The topological polar surface area (TPSA) is 66.4 Å². The van der Waals surface area contributed by atoms with Crippen molar-refractivity contribution in [1.29, 1.82) is 0 Å². The third-order valence-electron chi connectivity index (χ3n) is 7.93. The van der Waals surface area contributed by atoms with E-state index < -0.39 is 5.97 Å². The highest BCUT2D eigenvalue weighted by molar-refractivity contribution is 6.01. The van der Waals surface area contributed by atoms with Crippen molar-refractivity contribution in [3.63, 3.8) is 0 Å². The number of nitrogens with zero attached hydrogens (tertiary/aromatic N) is 1. The molecule has 244 valence electrons. The van der Waals surface area contributed by atoms with Crippen LogP contribution in [-0.2, 0) is 9.57 Å². The molecule has 1 heterocycles. The number of hydrogen-bond donors (Lipinski definition) is 0. The number of esters is 1. The summed E-state index contributed by atoms with van der Waals surface area (Å²) in [5.74, 6) is 7.66. The molecule has 0 spiro atoms. The molecule has 0 aliphatic carbocycles. The van der Waals surface area contributed by atoms with Crippen LogP contribution < -0.4 is 9.47 Å². The standard InChI is InChI=1S/C40H49NO5/c1-3-5-7-9-11-13-29-43-36-24-18-33(19-25-36)15-14-32-16-20-35(21-17-32)40(42)45-31-38-30-39(41-46-38)34-22-26-37(27-23-34)44-28-12-10-8-6-4-2/h16-27,38H,3-13,28-31H2,1-2H3. The summed E-state index contributed by atoms with van der Waals surface area (Å²) in [6.45, 7) is 6.07. The molecule has 0 N–H and O–H groups in total. The fourth-order valence-electron chi connectivity index (χ4n) is 5.12. The summed E-state index contributed by atoms with van der Waals surface area (Å²) in [6.07, 6.45) is 13.8. The lowest BCUT2D eigenvalue weighted by Crippen LogP contribution is -2.19. The van der Waals surface area contributed by atoms with E-state index in [-0.39, 0.29) is 12.7 Å². The predicted molar refractivity (Wildman–Crippen MR) is 185 cm³/mol. The van der Waals surface area contributed by atoms with Crippen LogP contribution in [0.1, 0.15) is 118 Å². The first-order valence-corrected chi connectivity index (χ1v) is 17.1. The van der Waals surface area contributed by atoms with Gasteiger partial charge in [-0.1, -0.05) is 88.6 Å². The lowest BCUT2D eigenvalue weighted by atomic mass is 10.1. The molecule has 0 radical (unpaired) electrons. The molecular weight excluding hydrogens is 574 g/mol. The zero-order valence-corrected chi connectivity index (χ0v) is 27.6. The molecule has 6 nitrogen and oxygen atoms in total. The van der Waals surface area contributed by atoms with E-state index >= 15 is 0 Å². The number of rotatable bonds is 19. The third kappa shape index (κ3) is 12.3. The monoisotopic (exact) mass is 623 g/mol. The second-order valence-electron chi connectivity index (χ2n) is 11.8. The van der Waals surface area contributed by atoms with Crippen LogP contribution in [-0.4, -0.2) is 37.6 Å². The molecule has 1 aliphatic rings. The maximum absolute atomic E-state index is 12.6. The molecule has 3 aromatic carbocycles. The van der Waals surface area contributed by atoms with Crippen LogP contribution in [0, 0.1) is 11.8 Å². The van der Waals surface area contributed by atoms with Crippen LogP contribution in [0.5, 0.6) is 11.5 Å². The highest BCUT2D eigenvalue weighted by Crippen LogP contribution is 2.21. The number of unbranched alkanes of at least 4 members (excludes halogenated alkanes) is 9. The first-order valence-electron chi connectivity index (χ1n) is 17.1. The lowest BCUT2D eigenvalue weighted by molar-refractivity contribution is 0.00686. The van der Waals surface area contributed by atoms with E-state index in [1.54, 1.807) is 12.1 Å². The van der Waals surface area contributed by atoms with Crippen molar-refractivity contribution >= 4 is 11.7 Å². The second kappa shape index (κ2) is 20.0. The van der Waals surface area contributed by atoms with E-state index in [0.29, 0.717) is 12.0 Å². The van der Waals surface area contributed by atoms with Crippen molar-refractivity contribution in [3.8, 4) is 23.3 Å². The largest absolute Gasteiger partial charge is 0.494 e. The average Bonchev–Trinajstić information content (AvgIpc) is 3.57. The van der Waals surface area contributed by atoms with E-state index in [0.717, 1.165) is 60.0 Å². The van der Waals surface area contributed by atoms with Gasteiger partial charge in [0.05, 0.1) is 24.5 Å². The van der Waals surface area contributed by atoms with E-state index in [9.17, 15) is 4.79 Å². The summed E-state index contributed by atoms with van der Waals surface area (Å²) in [5.41, 5.74) is 4.02. The van der Waals surface area contributed by atoms with Crippen LogP contribution >= 0.6 is 0 Å². The Labute approximate surface area is 275 Å². The average molecular weight is 624 g/mol. The summed E-state index contributed by atoms with van der Waals surface area (Å²) >= 11 is 0. The number of oxime groups is 1. The summed E-state index contributed by atoms with van der Waals surface area (Å²) in [7, 11) is 0. The van der Waals surface area contributed by atoms with Gasteiger partial charge in [0.15, 0.2) is 6.10 Å². The molecule has 6 heteroatoms. The predicted octanol–water partition coefficient (Wildman–Crippen LogP) is 9.52. The Bertz CT molecular complexity index is 1400. The molecule has 0 fully saturated rings. The van der Waals surface area contributed by atoms with E-state index in [2.05, 4.69) is 30.8 Å². The van der Waals surface area contributed by atoms with Gasteiger partial charge in [0, 0.05) is 17.5 Å². The maximum Gasteiger partial charge on any atom is 0.338 e. The Morgan fingerprint density at radius 1 is 0.696 bits per heavy atom. The minimum absolute atomic E-state index is 0.130. The summed E-state index contributed by atoms with van der Waals surface area (Å²) < 4.78 is 17.2. The fourth-order valence-corrected chi connectivity index (χ4v) is 5.12. The van der Waals surface area contributed by atoms with Crippen LogP contribution in [0.15, 0.2) is 78.0 Å². The zero-order chi connectivity index (χ0) is 32.2. The van der Waals surface area contributed by atoms with Crippen molar-refractivity contribution < 1.29 is 23.8 Å². The third-order valence-corrected chi connectivity index (χ3v) is 7.93. The lowest BCUT2D eigenvalue weighted by Gasteiger charge is -2.09. The van der Waals surface area contributed by atoms with Crippen molar-refractivity contribution in [1.82, 2.24) is 0 Å². The molecule has 0 aromatic heterocycles. The molecule has 1 unspecified atom stereocenters. The van der Waals surface area contributed by atoms with E-state index in [1.807, 2.05) is 60.7 Å². The number of carbonyl (C=O) groups is 1. The molecule has 0 amide bonds. The van der Waals surface area contributed by atoms with Crippen molar-refractivity contribution in [3.05, 3.63) is 95.1 Å². The molecule has 46 heavy (non-hydrogen) atoms. The Hall–Kier alpha value is -4.24. The smallest absolute Gasteiger partial charge is 0.338 e. The Kier molecular flexibility index (Phi) is 15.1. The van der Waals surface area contributed by atoms with Gasteiger partial charge in [-0.25, -0.2) is 4.79 Å². The summed E-state index contributed by atoms with van der Waals surface area (Å²) in [5, 5.41) is 4.22. The van der Waals surface area contributed by atoms with Gasteiger partial charge < -0.3 is 19.0 Å². The number of ether oxygens (including phenoxy) is 3. The Balaban J connectivity index is 1.14.